The summed E-state index contributed by atoms with van der Waals surface area (Å²) in [5, 5.41) is 1.76. The lowest BCUT2D eigenvalue weighted by atomic mass is 10.0. The molecule has 3 atom stereocenters. The van der Waals surface area contributed by atoms with E-state index in [1.54, 1.807) is 0 Å². The van der Waals surface area contributed by atoms with Crippen LogP contribution in [0.3, 0.4) is 0 Å². The Bertz CT molecular complexity index is 343. The Morgan fingerprint density at radius 1 is 1.29 bits per heavy atom. The van der Waals surface area contributed by atoms with E-state index in [9.17, 15) is 0 Å². The van der Waals surface area contributed by atoms with Crippen molar-refractivity contribution < 1.29 is 0 Å². The van der Waals surface area contributed by atoms with E-state index >= 15 is 0 Å². The Kier molecular flexibility index (Phi) is 6.39. The highest BCUT2D eigenvalue weighted by atomic mass is 35.5. The van der Waals surface area contributed by atoms with Crippen LogP contribution in [0.1, 0.15) is 44.4 Å². The lowest BCUT2D eigenvalue weighted by Gasteiger charge is -2.25. The molecule has 1 nitrogen and oxygen atoms in total. The molecule has 0 aliphatic heterocycles. The van der Waals surface area contributed by atoms with E-state index in [2.05, 4.69) is 26.8 Å². The molecule has 1 aromatic rings. The average molecular weight is 272 g/mol. The van der Waals surface area contributed by atoms with Crippen molar-refractivity contribution in [2.24, 2.45) is 5.73 Å². The van der Waals surface area contributed by atoms with Crippen LogP contribution in [0.2, 0.25) is 5.02 Å². The summed E-state index contributed by atoms with van der Waals surface area (Å²) >= 11 is 8.01. The summed E-state index contributed by atoms with van der Waals surface area (Å²) in [6.07, 6.45) is 2.15. The number of halogens is 1. The molecule has 0 bridgehead atoms. The van der Waals surface area contributed by atoms with Crippen molar-refractivity contribution in [2.75, 3.05) is 0 Å². The molecule has 0 aromatic heterocycles. The molecule has 0 amide bonds. The molecular formula is C14H22ClNS. The van der Waals surface area contributed by atoms with Crippen LogP contribution in [0.5, 0.6) is 0 Å². The highest BCUT2D eigenvalue weighted by Gasteiger charge is 2.21. The fraction of sp³-hybridized carbons (Fsp3) is 0.571. The maximum absolute atomic E-state index is 6.24. The van der Waals surface area contributed by atoms with Gasteiger partial charge >= 0.3 is 0 Å². The first-order chi connectivity index (χ1) is 8.08. The quantitative estimate of drug-likeness (QED) is 0.815. The SMILES string of the molecule is CCC(C)SC(c1cccc(Cl)c1)C(N)CC. The molecule has 0 heterocycles. The maximum Gasteiger partial charge on any atom is 0.0451 e. The Hall–Kier alpha value is -0.180. The van der Waals surface area contributed by atoms with Gasteiger partial charge in [0.25, 0.3) is 0 Å². The number of hydrogen-bond donors (Lipinski definition) is 1. The summed E-state index contributed by atoms with van der Waals surface area (Å²) in [7, 11) is 0. The third-order valence-electron chi connectivity index (χ3n) is 2.99. The highest BCUT2D eigenvalue weighted by molar-refractivity contribution is 8.00. The first kappa shape index (κ1) is 14.9. The molecule has 0 aliphatic rings. The normalized spacial score (nSPS) is 16.5. The minimum Gasteiger partial charge on any atom is -0.326 e. The molecular weight excluding hydrogens is 250 g/mol. The van der Waals surface area contributed by atoms with Crippen LogP contribution < -0.4 is 5.73 Å². The molecule has 3 heteroatoms. The molecule has 96 valence electrons. The van der Waals surface area contributed by atoms with Crippen molar-refractivity contribution in [1.82, 2.24) is 0 Å². The minimum absolute atomic E-state index is 0.187. The van der Waals surface area contributed by atoms with Crippen LogP contribution in [0.25, 0.3) is 0 Å². The summed E-state index contributed by atoms with van der Waals surface area (Å²) in [6, 6.07) is 8.27. The van der Waals surface area contributed by atoms with Gasteiger partial charge in [0.15, 0.2) is 0 Å². The van der Waals surface area contributed by atoms with E-state index in [-0.39, 0.29) is 6.04 Å². The van der Waals surface area contributed by atoms with Crippen LogP contribution in [0, 0.1) is 0 Å². The summed E-state index contributed by atoms with van der Waals surface area (Å²) in [6.45, 7) is 6.61. The van der Waals surface area contributed by atoms with E-state index in [1.165, 1.54) is 5.56 Å². The second-order valence-corrected chi connectivity index (χ2v) is 6.42. The fourth-order valence-electron chi connectivity index (χ4n) is 1.67. The van der Waals surface area contributed by atoms with Crippen LogP contribution in [0.4, 0.5) is 0 Å². The van der Waals surface area contributed by atoms with Crippen molar-refractivity contribution in [3.05, 3.63) is 34.9 Å². The minimum atomic E-state index is 0.187. The Labute approximate surface area is 114 Å². The van der Waals surface area contributed by atoms with Gasteiger partial charge in [0.05, 0.1) is 0 Å². The number of nitrogens with two attached hydrogens (primary N) is 1. The van der Waals surface area contributed by atoms with E-state index in [1.807, 2.05) is 30.0 Å². The molecule has 0 radical (unpaired) electrons. The molecule has 1 aromatic carbocycles. The summed E-state index contributed by atoms with van der Waals surface area (Å²) in [5.41, 5.74) is 7.49. The van der Waals surface area contributed by atoms with Gasteiger partial charge in [-0.15, -0.1) is 11.8 Å². The van der Waals surface area contributed by atoms with Crippen LogP contribution in [0.15, 0.2) is 24.3 Å². The average Bonchev–Trinajstić information content (AvgIpc) is 2.34. The standard InChI is InChI=1S/C14H22ClNS/c1-4-10(3)17-14(13(16)5-2)11-7-6-8-12(15)9-11/h6-10,13-14H,4-5,16H2,1-3H3. The third-order valence-corrected chi connectivity index (χ3v) is 4.94. The summed E-state index contributed by atoms with van der Waals surface area (Å²) in [5.74, 6) is 0. The van der Waals surface area contributed by atoms with Gasteiger partial charge in [0.1, 0.15) is 0 Å². The van der Waals surface area contributed by atoms with Crippen LogP contribution in [-0.2, 0) is 0 Å². The second kappa shape index (κ2) is 7.30. The second-order valence-electron chi connectivity index (χ2n) is 4.40. The van der Waals surface area contributed by atoms with Gasteiger partial charge in [-0.25, -0.2) is 0 Å². The van der Waals surface area contributed by atoms with Gasteiger partial charge in [-0.2, -0.15) is 0 Å². The van der Waals surface area contributed by atoms with Crippen molar-refractivity contribution in [3.8, 4) is 0 Å². The number of benzene rings is 1. The third kappa shape index (κ3) is 4.53. The predicted octanol–water partition coefficient (Wildman–Crippen LogP) is 4.65. The van der Waals surface area contributed by atoms with Gasteiger partial charge < -0.3 is 5.73 Å². The molecule has 0 spiro atoms. The number of thioether (sulfide) groups is 1. The summed E-state index contributed by atoms with van der Waals surface area (Å²) < 4.78 is 0. The van der Waals surface area contributed by atoms with Crippen molar-refractivity contribution >= 4 is 23.4 Å². The molecule has 17 heavy (non-hydrogen) atoms. The number of hydrogen-bond acceptors (Lipinski definition) is 2. The van der Waals surface area contributed by atoms with Gasteiger partial charge in [-0.1, -0.05) is 44.5 Å². The molecule has 0 saturated heterocycles. The van der Waals surface area contributed by atoms with Crippen molar-refractivity contribution in [3.63, 3.8) is 0 Å². The van der Waals surface area contributed by atoms with E-state index in [0.29, 0.717) is 10.5 Å². The van der Waals surface area contributed by atoms with Crippen LogP contribution in [-0.4, -0.2) is 11.3 Å². The molecule has 0 saturated carbocycles. The highest BCUT2D eigenvalue weighted by Crippen LogP contribution is 2.37. The molecule has 0 aliphatic carbocycles. The van der Waals surface area contributed by atoms with Crippen LogP contribution >= 0.6 is 23.4 Å². The zero-order chi connectivity index (χ0) is 12.8. The maximum atomic E-state index is 6.24. The Morgan fingerprint density at radius 2 is 2.00 bits per heavy atom. The molecule has 3 unspecified atom stereocenters. The van der Waals surface area contributed by atoms with Crippen molar-refractivity contribution in [2.45, 2.75) is 50.2 Å². The lowest BCUT2D eigenvalue weighted by molar-refractivity contribution is 0.631. The Morgan fingerprint density at radius 3 is 2.53 bits per heavy atom. The summed E-state index contributed by atoms with van der Waals surface area (Å²) in [4.78, 5) is 0. The van der Waals surface area contributed by atoms with Gasteiger partial charge in [-0.05, 0) is 30.5 Å². The molecule has 2 N–H and O–H groups in total. The predicted molar refractivity (Wildman–Crippen MR) is 79.8 cm³/mol. The zero-order valence-electron chi connectivity index (χ0n) is 10.8. The largest absolute Gasteiger partial charge is 0.326 e. The molecule has 1 rings (SSSR count). The Balaban J connectivity index is 2.89. The number of rotatable bonds is 6. The first-order valence-corrected chi connectivity index (χ1v) is 7.57. The smallest absolute Gasteiger partial charge is 0.0451 e. The monoisotopic (exact) mass is 271 g/mol. The van der Waals surface area contributed by atoms with Gasteiger partial charge in [0, 0.05) is 21.6 Å². The first-order valence-electron chi connectivity index (χ1n) is 6.25. The topological polar surface area (TPSA) is 26.0 Å². The zero-order valence-corrected chi connectivity index (χ0v) is 12.4. The fourth-order valence-corrected chi connectivity index (χ4v) is 3.26. The van der Waals surface area contributed by atoms with Gasteiger partial charge in [-0.3, -0.25) is 0 Å². The van der Waals surface area contributed by atoms with E-state index < -0.39 is 0 Å². The van der Waals surface area contributed by atoms with E-state index in [4.69, 9.17) is 17.3 Å². The lowest BCUT2D eigenvalue weighted by Crippen LogP contribution is -2.26. The van der Waals surface area contributed by atoms with Gasteiger partial charge in [0.2, 0.25) is 0 Å². The van der Waals surface area contributed by atoms with Crippen molar-refractivity contribution in [1.29, 1.82) is 0 Å². The molecule has 0 fully saturated rings. The van der Waals surface area contributed by atoms with E-state index in [0.717, 1.165) is 17.9 Å².